The summed E-state index contributed by atoms with van der Waals surface area (Å²) >= 11 is 4.20. The molecule has 178 valence electrons. The smallest absolute Gasteiger partial charge is 0.388 e. The Balaban J connectivity index is 1.58. The first-order chi connectivity index (χ1) is 14.2. The van der Waals surface area contributed by atoms with Gasteiger partial charge in [-0.25, -0.2) is 14.1 Å². The molecular weight excluding hydrogens is 715 g/mol. The molecule has 3 aliphatic heterocycles. The van der Waals surface area contributed by atoms with Gasteiger partial charge in [0.15, 0.2) is 16.2 Å². The van der Waals surface area contributed by atoms with Crippen LogP contribution in [0.15, 0.2) is 14.4 Å². The van der Waals surface area contributed by atoms with Gasteiger partial charge in [-0.2, -0.15) is 18.6 Å². The van der Waals surface area contributed by atoms with Crippen LogP contribution >= 0.6 is 69.0 Å². The fourth-order valence-electron chi connectivity index (χ4n) is 2.91. The first-order valence-electron chi connectivity index (χ1n) is 8.18. The maximum absolute atomic E-state index is 11.4. The lowest BCUT2D eigenvalue weighted by atomic mass is 10.2. The number of alkyl halides is 1. The molecule has 2 fully saturated rings. The topological polar surface area (TPSA) is 232 Å². The van der Waals surface area contributed by atoms with Crippen molar-refractivity contribution in [1.82, 2.24) is 15.5 Å². The van der Waals surface area contributed by atoms with Crippen LogP contribution in [0.4, 0.5) is 0 Å². The molecule has 0 saturated carbocycles. The standard InChI is InChI=1S/C10H17I2N4O12P3/c11-7-6-8(15-10(12)14-7)16(3-13-6)9-5(17)1-4(26-9)2-25-30(21,22)28-31(23,24)27-29(18,19)20/h4-5,9-10,13-14,17,21-22H,1-3H2,(H2-,18,19,20,23,24)/p+1/t4?,5?,9?,10-/m1/s1. The zero-order chi connectivity index (χ0) is 23.2. The average molecular weight is 733 g/mol. The fraction of sp³-hybridized carbons (Fsp3) is 0.700. The van der Waals surface area contributed by atoms with Crippen molar-refractivity contribution >= 4 is 74.8 Å². The summed E-state index contributed by atoms with van der Waals surface area (Å²) in [6.07, 6.45) is -2.68. The zero-order valence-electron chi connectivity index (χ0n) is 15.1. The monoisotopic (exact) mass is 733 g/mol. The Morgan fingerprint density at radius 3 is 2.65 bits per heavy atom. The van der Waals surface area contributed by atoms with E-state index in [1.54, 1.807) is 4.90 Å². The minimum absolute atomic E-state index is 0.0201. The second kappa shape index (κ2) is 9.79. The number of nitrogens with zero attached hydrogens (tertiary/aromatic N) is 2. The maximum Gasteiger partial charge on any atom is 0.580 e. The lowest BCUT2D eigenvalue weighted by Crippen LogP contribution is -2.44. The summed E-state index contributed by atoms with van der Waals surface area (Å²) in [5.74, 6) is 0.582. The molecule has 2 saturated heterocycles. The van der Waals surface area contributed by atoms with Crippen molar-refractivity contribution in [3.63, 3.8) is 0 Å². The van der Waals surface area contributed by atoms with E-state index >= 15 is 0 Å². The predicted molar refractivity (Wildman–Crippen MR) is 120 cm³/mol. The molecule has 0 aromatic heterocycles. The van der Waals surface area contributed by atoms with E-state index in [-0.39, 0.29) is 10.6 Å². The molecule has 5 atom stereocenters. The third kappa shape index (κ3) is 7.12. The van der Waals surface area contributed by atoms with Crippen LogP contribution in [-0.4, -0.2) is 76.2 Å². The Kier molecular flexibility index (Phi) is 8.32. The van der Waals surface area contributed by atoms with E-state index in [1.165, 1.54) is 0 Å². The quantitative estimate of drug-likeness (QED) is 0.0684. The van der Waals surface area contributed by atoms with Gasteiger partial charge in [-0.05, 0) is 49.5 Å². The molecule has 0 bridgehead atoms. The molecule has 0 aliphatic carbocycles. The van der Waals surface area contributed by atoms with Crippen molar-refractivity contribution < 1.29 is 56.6 Å². The van der Waals surface area contributed by atoms with Gasteiger partial charge < -0.3 is 35.2 Å². The molecule has 3 rings (SSSR count). The van der Waals surface area contributed by atoms with Gasteiger partial charge in [-0.15, -0.1) is 0 Å². The number of nitrogens with one attached hydrogen (secondary N) is 2. The summed E-state index contributed by atoms with van der Waals surface area (Å²) in [4.78, 5) is 51.7. The van der Waals surface area contributed by atoms with Crippen LogP contribution in [0.2, 0.25) is 0 Å². The van der Waals surface area contributed by atoms with E-state index in [4.69, 9.17) is 14.5 Å². The Morgan fingerprint density at radius 1 is 1.32 bits per heavy atom. The minimum atomic E-state index is -5.54. The van der Waals surface area contributed by atoms with Crippen LogP contribution in [0.25, 0.3) is 0 Å². The number of amidine groups is 1. The normalized spacial score (nSPS) is 31.1. The number of phosphoric acid groups is 2. The zero-order valence-corrected chi connectivity index (χ0v) is 22.1. The Hall–Kier alpha value is 0.760. The van der Waals surface area contributed by atoms with E-state index in [0.717, 1.165) is 9.40 Å². The molecule has 3 heterocycles. The highest BCUT2D eigenvalue weighted by molar-refractivity contribution is 14.1. The second-order valence-corrected chi connectivity index (χ2v) is 13.0. The number of hydrogen-bond donors (Lipinski definition) is 8. The maximum atomic E-state index is 11.4. The van der Waals surface area contributed by atoms with Crippen molar-refractivity contribution in [2.45, 2.75) is 29.0 Å². The summed E-state index contributed by atoms with van der Waals surface area (Å²) in [5, 5.41) is 16.7. The highest BCUT2D eigenvalue weighted by atomic mass is 127. The van der Waals surface area contributed by atoms with Crippen molar-refractivity contribution in [2.75, 3.05) is 13.3 Å². The Bertz CT molecular complexity index is 870. The van der Waals surface area contributed by atoms with Crippen molar-refractivity contribution in [3.8, 4) is 0 Å². The molecule has 16 nitrogen and oxygen atoms in total. The van der Waals surface area contributed by atoms with Crippen LogP contribution in [0.1, 0.15) is 6.42 Å². The second-order valence-electron chi connectivity index (χ2n) is 6.29. The third-order valence-electron chi connectivity index (χ3n) is 3.94. The van der Waals surface area contributed by atoms with Gasteiger partial charge in [0, 0.05) is 6.42 Å². The molecule has 0 aromatic carbocycles. The number of rotatable bonds is 8. The SMILES string of the molecule is O=P(O)(O)OP(=O)(O)O[P+](O)(O)OCC1CC(O)C(N2CNC3=C(I)N[C@@H](I)N=C32)O1. The lowest BCUT2D eigenvalue weighted by molar-refractivity contribution is -0.0691. The van der Waals surface area contributed by atoms with Gasteiger partial charge in [0.1, 0.15) is 22.1 Å². The Labute approximate surface area is 202 Å². The Morgan fingerprint density at radius 2 is 2.00 bits per heavy atom. The van der Waals surface area contributed by atoms with Crippen LogP contribution in [0.3, 0.4) is 0 Å². The van der Waals surface area contributed by atoms with Crippen LogP contribution < -0.4 is 10.6 Å². The third-order valence-corrected chi connectivity index (χ3v) is 9.22. The first-order valence-corrected chi connectivity index (χ1v) is 15.1. The van der Waals surface area contributed by atoms with E-state index in [9.17, 15) is 28.9 Å². The molecule has 21 heteroatoms. The van der Waals surface area contributed by atoms with E-state index < -0.39 is 48.9 Å². The van der Waals surface area contributed by atoms with Gasteiger partial charge in [-0.1, -0.05) is 0 Å². The molecule has 8 N–H and O–H groups in total. The van der Waals surface area contributed by atoms with E-state index in [2.05, 4.69) is 74.0 Å². The van der Waals surface area contributed by atoms with Gasteiger partial charge >= 0.3 is 23.8 Å². The highest BCUT2D eigenvalue weighted by Crippen LogP contribution is 2.69. The minimum Gasteiger partial charge on any atom is -0.388 e. The number of aliphatic hydroxyl groups excluding tert-OH is 1. The van der Waals surface area contributed by atoms with Gasteiger partial charge in [-0.3, -0.25) is 4.89 Å². The van der Waals surface area contributed by atoms with Crippen molar-refractivity contribution in [2.24, 2.45) is 4.99 Å². The summed E-state index contributed by atoms with van der Waals surface area (Å²) in [7, 11) is -16.0. The molecule has 0 aromatic rings. The molecule has 0 radical (unpaired) electrons. The number of ether oxygens (including phenoxy) is 1. The number of hydrogen-bond acceptors (Lipinski definition) is 13. The largest absolute Gasteiger partial charge is 0.580 e. The number of aliphatic imine (C=N–C) groups is 1. The molecule has 4 unspecified atom stereocenters. The summed E-state index contributed by atoms with van der Waals surface area (Å²) in [6.45, 7) is -0.275. The number of aliphatic hydroxyl groups is 1. The molecular formula is C10H18I2N4O12P3+. The van der Waals surface area contributed by atoms with Crippen LogP contribution in [0.5, 0.6) is 0 Å². The highest BCUT2D eigenvalue weighted by Gasteiger charge is 2.53. The summed E-state index contributed by atoms with van der Waals surface area (Å²) in [5.41, 5.74) is 0.747. The van der Waals surface area contributed by atoms with Crippen molar-refractivity contribution in [3.05, 3.63) is 9.40 Å². The number of halogens is 2. The average Bonchev–Trinajstić information content (AvgIpc) is 3.12. The summed E-state index contributed by atoms with van der Waals surface area (Å²) < 4.78 is 40.5. The molecule has 0 amide bonds. The first kappa shape index (κ1) is 26.4. The molecule has 31 heavy (non-hydrogen) atoms. The lowest BCUT2D eigenvalue weighted by Gasteiger charge is -2.29. The van der Waals surface area contributed by atoms with Crippen LogP contribution in [0, 0.1) is 0 Å². The number of fused-ring (bicyclic) bond motifs is 1. The van der Waals surface area contributed by atoms with Gasteiger partial charge in [0.25, 0.3) is 0 Å². The van der Waals surface area contributed by atoms with E-state index in [1.807, 2.05) is 0 Å². The predicted octanol–water partition coefficient (Wildman–Crippen LogP) is -0.446. The van der Waals surface area contributed by atoms with Crippen LogP contribution in [-0.2, 0) is 27.0 Å². The molecule has 0 spiro atoms. The van der Waals surface area contributed by atoms with E-state index in [0.29, 0.717) is 12.5 Å². The van der Waals surface area contributed by atoms with Crippen molar-refractivity contribution in [1.29, 1.82) is 0 Å². The van der Waals surface area contributed by atoms with Gasteiger partial charge in [0.2, 0.25) is 0 Å². The fourth-order valence-corrected chi connectivity index (χ4v) is 7.89. The van der Waals surface area contributed by atoms with Gasteiger partial charge in [0.05, 0.1) is 12.8 Å². The summed E-state index contributed by atoms with van der Waals surface area (Å²) in [6, 6.07) is 0. The molecule has 3 aliphatic rings.